The zero-order valence-corrected chi connectivity index (χ0v) is 11.2. The molecule has 4 atom stereocenters. The molecule has 1 heterocycles. The van der Waals surface area contributed by atoms with Gasteiger partial charge in [-0.2, -0.15) is 0 Å². The fourth-order valence-corrected chi connectivity index (χ4v) is 2.78. The zero-order chi connectivity index (χ0) is 12.3. The lowest BCUT2D eigenvalue weighted by Gasteiger charge is -2.17. The third-order valence-electron chi connectivity index (χ3n) is 3.28. The van der Waals surface area contributed by atoms with Gasteiger partial charge in [0.05, 0.1) is 18.4 Å². The summed E-state index contributed by atoms with van der Waals surface area (Å²) in [5, 5.41) is 0. The first-order chi connectivity index (χ1) is 8.26. The number of rotatable bonds is 4. The number of carbonyl (C=O) groups excluding carboxylic acids is 1. The van der Waals surface area contributed by atoms with E-state index in [4.69, 9.17) is 14.2 Å². The molecule has 2 rings (SSSR count). The Bertz CT molecular complexity index is 346. The van der Waals surface area contributed by atoms with E-state index in [2.05, 4.69) is 26.7 Å². The van der Waals surface area contributed by atoms with Crippen molar-refractivity contribution in [2.75, 3.05) is 13.4 Å². The van der Waals surface area contributed by atoms with Crippen molar-refractivity contribution < 1.29 is 19.0 Å². The van der Waals surface area contributed by atoms with Crippen molar-refractivity contribution in [3.05, 3.63) is 0 Å². The largest absolute Gasteiger partial charge is 0.462 e. The second-order valence-corrected chi connectivity index (χ2v) is 4.61. The molecule has 1 aliphatic heterocycles. The Morgan fingerprint density at radius 2 is 2.41 bits per heavy atom. The molecule has 0 amide bonds. The first kappa shape index (κ1) is 12.9. The van der Waals surface area contributed by atoms with Crippen molar-refractivity contribution in [3.8, 4) is 10.8 Å². The van der Waals surface area contributed by atoms with Gasteiger partial charge in [0, 0.05) is 34.9 Å². The van der Waals surface area contributed by atoms with E-state index in [0.717, 1.165) is 6.42 Å². The van der Waals surface area contributed by atoms with Gasteiger partial charge < -0.3 is 14.2 Å². The Kier molecular flexibility index (Phi) is 4.43. The summed E-state index contributed by atoms with van der Waals surface area (Å²) in [7, 11) is 0. The second-order valence-electron chi connectivity index (χ2n) is 4.21. The molecule has 0 radical (unpaired) electrons. The van der Waals surface area contributed by atoms with Crippen molar-refractivity contribution >= 4 is 21.9 Å². The van der Waals surface area contributed by atoms with Crippen LogP contribution in [0.5, 0.6) is 0 Å². The SMILES string of the molecule is CCOCO[C@@H]1C[C@@H]2OC(=O)C[C@@H]2[C@H]1C#CBr. The normalized spacial score (nSPS) is 35.1. The lowest BCUT2D eigenvalue weighted by Crippen LogP contribution is -2.23. The van der Waals surface area contributed by atoms with E-state index >= 15 is 0 Å². The molecule has 1 aliphatic carbocycles. The van der Waals surface area contributed by atoms with Crippen LogP contribution in [0.4, 0.5) is 0 Å². The molecule has 0 aromatic rings. The first-order valence-corrected chi connectivity index (χ1v) is 6.55. The molecule has 1 saturated carbocycles. The van der Waals surface area contributed by atoms with Crippen molar-refractivity contribution in [1.82, 2.24) is 0 Å². The first-order valence-electron chi connectivity index (χ1n) is 5.76. The number of hydrogen-bond acceptors (Lipinski definition) is 4. The molecule has 5 heteroatoms. The number of carbonyl (C=O) groups is 1. The van der Waals surface area contributed by atoms with Crippen LogP contribution in [-0.4, -0.2) is 31.6 Å². The third kappa shape index (κ3) is 2.82. The predicted octanol–water partition coefficient (Wildman–Crippen LogP) is 1.67. The molecule has 4 nitrogen and oxygen atoms in total. The van der Waals surface area contributed by atoms with Crippen LogP contribution >= 0.6 is 15.9 Å². The van der Waals surface area contributed by atoms with E-state index in [1.165, 1.54) is 0 Å². The van der Waals surface area contributed by atoms with Gasteiger partial charge in [0.15, 0.2) is 0 Å². The minimum atomic E-state index is -0.121. The average Bonchev–Trinajstić information content (AvgIpc) is 2.78. The fraction of sp³-hybridized carbons (Fsp3) is 0.750. The van der Waals surface area contributed by atoms with Crippen LogP contribution in [0.25, 0.3) is 0 Å². The van der Waals surface area contributed by atoms with Gasteiger partial charge in [-0.15, -0.1) is 0 Å². The molecular formula is C12H15BrO4. The molecule has 0 aromatic heterocycles. The molecular weight excluding hydrogens is 288 g/mol. The highest BCUT2D eigenvalue weighted by Gasteiger charge is 2.50. The Balaban J connectivity index is 1.97. The number of halogens is 1. The molecule has 1 saturated heterocycles. The van der Waals surface area contributed by atoms with E-state index in [0.29, 0.717) is 13.0 Å². The number of fused-ring (bicyclic) bond motifs is 1. The number of hydrogen-bond donors (Lipinski definition) is 0. The van der Waals surface area contributed by atoms with E-state index < -0.39 is 0 Å². The van der Waals surface area contributed by atoms with Crippen LogP contribution in [0.2, 0.25) is 0 Å². The Morgan fingerprint density at radius 1 is 1.59 bits per heavy atom. The van der Waals surface area contributed by atoms with Gasteiger partial charge in [-0.05, 0) is 11.8 Å². The molecule has 2 fully saturated rings. The lowest BCUT2D eigenvalue weighted by atomic mass is 9.93. The molecule has 0 aromatic carbocycles. The fourth-order valence-electron chi connectivity index (χ4n) is 2.51. The summed E-state index contributed by atoms with van der Waals surface area (Å²) < 4.78 is 16.1. The highest BCUT2D eigenvalue weighted by atomic mass is 79.9. The summed E-state index contributed by atoms with van der Waals surface area (Å²) in [6.07, 6.45) is 1.13. The minimum Gasteiger partial charge on any atom is -0.462 e. The highest BCUT2D eigenvalue weighted by Crippen LogP contribution is 2.42. The summed E-state index contributed by atoms with van der Waals surface area (Å²) in [6.45, 7) is 2.82. The third-order valence-corrected chi connectivity index (χ3v) is 3.51. The van der Waals surface area contributed by atoms with Crippen molar-refractivity contribution in [2.24, 2.45) is 11.8 Å². The second kappa shape index (κ2) is 5.85. The van der Waals surface area contributed by atoms with Gasteiger partial charge in [-0.1, -0.05) is 5.92 Å². The van der Waals surface area contributed by atoms with Crippen molar-refractivity contribution in [3.63, 3.8) is 0 Å². The molecule has 0 spiro atoms. The zero-order valence-electron chi connectivity index (χ0n) is 9.65. The summed E-state index contributed by atoms with van der Waals surface area (Å²) >= 11 is 3.11. The van der Waals surface area contributed by atoms with E-state index in [9.17, 15) is 4.79 Å². The van der Waals surface area contributed by atoms with Gasteiger partial charge >= 0.3 is 5.97 Å². The molecule has 0 unspecified atom stereocenters. The predicted molar refractivity (Wildman–Crippen MR) is 64.2 cm³/mol. The molecule has 17 heavy (non-hydrogen) atoms. The van der Waals surface area contributed by atoms with Crippen LogP contribution in [0, 0.1) is 22.6 Å². The molecule has 2 aliphatic rings. The van der Waals surface area contributed by atoms with Crippen molar-refractivity contribution in [2.45, 2.75) is 32.0 Å². The van der Waals surface area contributed by atoms with E-state index in [-0.39, 0.29) is 36.8 Å². The highest BCUT2D eigenvalue weighted by molar-refractivity contribution is 9.12. The molecule has 0 bridgehead atoms. The maximum Gasteiger partial charge on any atom is 0.306 e. The van der Waals surface area contributed by atoms with Gasteiger partial charge in [-0.3, -0.25) is 4.79 Å². The van der Waals surface area contributed by atoms with Crippen LogP contribution in [0.1, 0.15) is 19.8 Å². The van der Waals surface area contributed by atoms with Gasteiger partial charge in [0.2, 0.25) is 0 Å². The summed E-state index contributed by atoms with van der Waals surface area (Å²) in [6, 6.07) is 0. The Morgan fingerprint density at radius 3 is 3.12 bits per heavy atom. The maximum atomic E-state index is 11.2. The van der Waals surface area contributed by atoms with Crippen LogP contribution in [0.15, 0.2) is 0 Å². The average molecular weight is 303 g/mol. The van der Waals surface area contributed by atoms with Gasteiger partial charge in [0.25, 0.3) is 0 Å². The quantitative estimate of drug-likeness (QED) is 0.343. The lowest BCUT2D eigenvalue weighted by molar-refractivity contribution is -0.143. The topological polar surface area (TPSA) is 44.8 Å². The van der Waals surface area contributed by atoms with Gasteiger partial charge in [-0.25, -0.2) is 0 Å². The maximum absolute atomic E-state index is 11.2. The summed E-state index contributed by atoms with van der Waals surface area (Å²) in [5.41, 5.74) is 0. The Hall–Kier alpha value is -0.570. The van der Waals surface area contributed by atoms with Crippen molar-refractivity contribution in [1.29, 1.82) is 0 Å². The number of ether oxygens (including phenoxy) is 3. The van der Waals surface area contributed by atoms with Crippen LogP contribution in [-0.2, 0) is 19.0 Å². The monoisotopic (exact) mass is 302 g/mol. The number of esters is 1. The van der Waals surface area contributed by atoms with Crippen LogP contribution in [0.3, 0.4) is 0 Å². The Labute approximate surface area is 109 Å². The summed E-state index contributed by atoms with van der Waals surface area (Å²) in [4.78, 5) is 14.0. The van der Waals surface area contributed by atoms with Gasteiger partial charge in [0.1, 0.15) is 12.9 Å². The minimum absolute atomic E-state index is 0.00491. The summed E-state index contributed by atoms with van der Waals surface area (Å²) in [5.74, 6) is 3.16. The molecule has 94 valence electrons. The smallest absolute Gasteiger partial charge is 0.306 e. The van der Waals surface area contributed by atoms with E-state index in [1.807, 2.05) is 6.92 Å². The van der Waals surface area contributed by atoms with E-state index in [1.54, 1.807) is 0 Å². The molecule has 0 N–H and O–H groups in total. The standard InChI is InChI=1S/C12H15BrO4/c1-2-15-7-16-10-6-11-9(5-12(14)17-11)8(10)3-4-13/h8-11H,2,5-7H2,1H3/t8-,9-,10-,11+/m1/s1. The van der Waals surface area contributed by atoms with Crippen LogP contribution < -0.4 is 0 Å².